The number of amides is 2. The highest BCUT2D eigenvalue weighted by molar-refractivity contribution is 5.94. The standard InChI is InChI=1S/C19H22F2N2O4/c1-12(18(26)27)23-11-19(5-4-16(23)24)6-8-22(9-7-19)17(25)14-3-2-13(20)10-15(14)21/h2-3,10,12H,4-9,11H2,1H3,(H,26,27)/t12-/m1/s1. The van der Waals surface area contributed by atoms with E-state index in [0.717, 1.165) is 12.1 Å². The van der Waals surface area contributed by atoms with Crippen molar-refractivity contribution in [2.75, 3.05) is 19.6 Å². The van der Waals surface area contributed by atoms with Gasteiger partial charge >= 0.3 is 5.97 Å². The zero-order valence-corrected chi connectivity index (χ0v) is 15.1. The number of nitrogens with zero attached hydrogens (tertiary/aromatic N) is 2. The van der Waals surface area contributed by atoms with Gasteiger partial charge in [0, 0.05) is 32.1 Å². The minimum Gasteiger partial charge on any atom is -0.480 e. The number of aliphatic carboxylic acids is 1. The van der Waals surface area contributed by atoms with Gasteiger partial charge in [-0.1, -0.05) is 0 Å². The molecule has 8 heteroatoms. The molecule has 2 aliphatic rings. The summed E-state index contributed by atoms with van der Waals surface area (Å²) in [5.74, 6) is -3.31. The van der Waals surface area contributed by atoms with Crippen molar-refractivity contribution in [1.29, 1.82) is 0 Å². The third-order valence-electron chi connectivity index (χ3n) is 5.79. The van der Waals surface area contributed by atoms with E-state index in [-0.39, 0.29) is 23.3 Å². The van der Waals surface area contributed by atoms with Crippen LogP contribution in [-0.2, 0) is 9.59 Å². The van der Waals surface area contributed by atoms with Crippen molar-refractivity contribution in [2.45, 2.75) is 38.6 Å². The van der Waals surface area contributed by atoms with E-state index in [1.165, 1.54) is 16.7 Å². The lowest BCUT2D eigenvalue weighted by molar-refractivity contribution is -0.154. The molecule has 0 unspecified atom stereocenters. The molecule has 0 radical (unpaired) electrons. The fourth-order valence-electron chi connectivity index (χ4n) is 3.96. The van der Waals surface area contributed by atoms with Crippen LogP contribution in [0.1, 0.15) is 43.0 Å². The molecule has 2 heterocycles. The summed E-state index contributed by atoms with van der Waals surface area (Å²) < 4.78 is 26.9. The molecule has 27 heavy (non-hydrogen) atoms. The molecule has 2 fully saturated rings. The molecular formula is C19H22F2N2O4. The van der Waals surface area contributed by atoms with E-state index in [0.29, 0.717) is 45.0 Å². The molecule has 1 N–H and O–H groups in total. The van der Waals surface area contributed by atoms with Gasteiger partial charge in [-0.2, -0.15) is 0 Å². The fourth-order valence-corrected chi connectivity index (χ4v) is 3.96. The van der Waals surface area contributed by atoms with Crippen LogP contribution in [0.5, 0.6) is 0 Å². The molecule has 0 aromatic heterocycles. The van der Waals surface area contributed by atoms with Crippen molar-refractivity contribution in [1.82, 2.24) is 9.80 Å². The predicted octanol–water partition coefficient (Wildman–Crippen LogP) is 2.28. The van der Waals surface area contributed by atoms with Gasteiger partial charge < -0.3 is 14.9 Å². The number of carboxylic acids is 1. The first-order valence-corrected chi connectivity index (χ1v) is 8.99. The van der Waals surface area contributed by atoms with Gasteiger partial charge in [0.05, 0.1) is 5.56 Å². The number of rotatable bonds is 3. The zero-order chi connectivity index (χ0) is 19.8. The van der Waals surface area contributed by atoms with Crippen LogP contribution in [-0.4, -0.2) is 58.4 Å². The first-order valence-electron chi connectivity index (χ1n) is 8.99. The number of piperidine rings is 2. The topological polar surface area (TPSA) is 77.9 Å². The highest BCUT2D eigenvalue weighted by Gasteiger charge is 2.44. The summed E-state index contributed by atoms with van der Waals surface area (Å²) in [6.07, 6.45) is 2.16. The molecule has 0 aliphatic carbocycles. The van der Waals surface area contributed by atoms with Crippen molar-refractivity contribution in [3.05, 3.63) is 35.4 Å². The quantitative estimate of drug-likeness (QED) is 0.873. The molecular weight excluding hydrogens is 358 g/mol. The molecule has 1 aromatic carbocycles. The van der Waals surface area contributed by atoms with E-state index in [2.05, 4.69) is 0 Å². The number of hydrogen-bond acceptors (Lipinski definition) is 3. The number of halogens is 2. The average Bonchev–Trinajstić information content (AvgIpc) is 2.63. The summed E-state index contributed by atoms with van der Waals surface area (Å²) in [7, 11) is 0. The second-order valence-corrected chi connectivity index (χ2v) is 7.45. The van der Waals surface area contributed by atoms with Gasteiger partial charge in [0.15, 0.2) is 0 Å². The molecule has 2 amide bonds. The molecule has 1 spiro atoms. The fraction of sp³-hybridized carbons (Fsp3) is 0.526. The Morgan fingerprint density at radius 3 is 2.44 bits per heavy atom. The van der Waals surface area contributed by atoms with Gasteiger partial charge in [-0.15, -0.1) is 0 Å². The van der Waals surface area contributed by atoms with Crippen molar-refractivity contribution in [3.8, 4) is 0 Å². The van der Waals surface area contributed by atoms with Crippen LogP contribution < -0.4 is 0 Å². The Bertz CT molecular complexity index is 775. The number of carbonyl (C=O) groups is 3. The average molecular weight is 380 g/mol. The normalized spacial score (nSPS) is 20.6. The summed E-state index contributed by atoms with van der Waals surface area (Å²) in [6, 6.07) is 2.01. The maximum absolute atomic E-state index is 13.9. The van der Waals surface area contributed by atoms with Crippen LogP contribution in [0.4, 0.5) is 8.78 Å². The number of carboxylic acid groups (broad SMARTS) is 1. The highest BCUT2D eigenvalue weighted by atomic mass is 19.1. The highest BCUT2D eigenvalue weighted by Crippen LogP contribution is 2.41. The van der Waals surface area contributed by atoms with Gasteiger partial charge in [0.25, 0.3) is 5.91 Å². The van der Waals surface area contributed by atoms with E-state index < -0.39 is 29.6 Å². The Morgan fingerprint density at radius 2 is 1.85 bits per heavy atom. The van der Waals surface area contributed by atoms with Crippen molar-refractivity contribution in [2.24, 2.45) is 5.41 Å². The largest absolute Gasteiger partial charge is 0.480 e. The van der Waals surface area contributed by atoms with Gasteiger partial charge in [0.2, 0.25) is 5.91 Å². The van der Waals surface area contributed by atoms with Crippen LogP contribution in [0.2, 0.25) is 0 Å². The monoisotopic (exact) mass is 380 g/mol. The molecule has 1 aromatic rings. The van der Waals surface area contributed by atoms with E-state index >= 15 is 0 Å². The Balaban J connectivity index is 1.68. The molecule has 1 atom stereocenters. The van der Waals surface area contributed by atoms with Gasteiger partial charge in [-0.25, -0.2) is 13.6 Å². The Kier molecular flexibility index (Phi) is 5.17. The van der Waals surface area contributed by atoms with Crippen molar-refractivity contribution < 1.29 is 28.3 Å². The maximum Gasteiger partial charge on any atom is 0.326 e. The smallest absolute Gasteiger partial charge is 0.326 e. The second kappa shape index (κ2) is 7.25. The van der Waals surface area contributed by atoms with E-state index in [9.17, 15) is 28.3 Å². The summed E-state index contributed by atoms with van der Waals surface area (Å²) in [4.78, 5) is 38.8. The lowest BCUT2D eigenvalue weighted by atomic mass is 9.72. The van der Waals surface area contributed by atoms with E-state index in [1.54, 1.807) is 0 Å². The summed E-state index contributed by atoms with van der Waals surface area (Å²) in [5, 5.41) is 9.22. The van der Waals surface area contributed by atoms with Crippen LogP contribution in [0.25, 0.3) is 0 Å². The van der Waals surface area contributed by atoms with Crippen LogP contribution in [0.3, 0.4) is 0 Å². The first kappa shape index (κ1) is 19.3. The van der Waals surface area contributed by atoms with E-state index in [1.807, 2.05) is 0 Å². The van der Waals surface area contributed by atoms with Crippen molar-refractivity contribution >= 4 is 17.8 Å². The SMILES string of the molecule is C[C@H](C(=O)O)N1CC2(CCC1=O)CCN(C(=O)c1ccc(F)cc1F)CC2. The van der Waals surface area contributed by atoms with Gasteiger partial charge in [0.1, 0.15) is 17.7 Å². The Morgan fingerprint density at radius 1 is 1.19 bits per heavy atom. The van der Waals surface area contributed by atoms with Crippen LogP contribution in [0.15, 0.2) is 18.2 Å². The first-order chi connectivity index (χ1) is 12.7. The van der Waals surface area contributed by atoms with Gasteiger partial charge in [-0.05, 0) is 43.7 Å². The van der Waals surface area contributed by atoms with E-state index in [4.69, 9.17) is 0 Å². The molecule has 2 saturated heterocycles. The number of likely N-dealkylation sites (tertiary alicyclic amines) is 2. The molecule has 6 nitrogen and oxygen atoms in total. The number of benzene rings is 1. The lowest BCUT2D eigenvalue weighted by Crippen LogP contribution is -2.55. The third kappa shape index (κ3) is 3.79. The third-order valence-corrected chi connectivity index (χ3v) is 5.79. The lowest BCUT2D eigenvalue weighted by Gasteiger charge is -2.48. The van der Waals surface area contributed by atoms with Crippen LogP contribution >= 0.6 is 0 Å². The molecule has 0 bridgehead atoms. The molecule has 146 valence electrons. The maximum atomic E-state index is 13.9. The summed E-state index contributed by atoms with van der Waals surface area (Å²) >= 11 is 0. The zero-order valence-electron chi connectivity index (χ0n) is 15.1. The second-order valence-electron chi connectivity index (χ2n) is 7.45. The Labute approximate surface area is 155 Å². The molecule has 0 saturated carbocycles. The Hall–Kier alpha value is -2.51. The van der Waals surface area contributed by atoms with Gasteiger partial charge in [-0.3, -0.25) is 9.59 Å². The van der Waals surface area contributed by atoms with Crippen molar-refractivity contribution in [3.63, 3.8) is 0 Å². The summed E-state index contributed by atoms with van der Waals surface area (Å²) in [5.41, 5.74) is -0.386. The number of hydrogen-bond donors (Lipinski definition) is 1. The van der Waals surface area contributed by atoms with Crippen LogP contribution in [0, 0.1) is 17.0 Å². The predicted molar refractivity (Wildman–Crippen MR) is 92.0 cm³/mol. The number of carbonyl (C=O) groups excluding carboxylic acids is 2. The minimum absolute atomic E-state index is 0.160. The minimum atomic E-state index is -1.04. The molecule has 2 aliphatic heterocycles. The molecule has 3 rings (SSSR count). The summed E-state index contributed by atoms with van der Waals surface area (Å²) in [6.45, 7) is 2.62.